The van der Waals surface area contributed by atoms with Gasteiger partial charge in [0.25, 0.3) is 0 Å². The van der Waals surface area contributed by atoms with E-state index < -0.39 is 0 Å². The Labute approximate surface area is 135 Å². The largest absolute Gasteiger partial charge is 0.314 e. The summed E-state index contributed by atoms with van der Waals surface area (Å²) in [5.41, 5.74) is 2.00. The van der Waals surface area contributed by atoms with Gasteiger partial charge in [-0.2, -0.15) is 0 Å². The highest BCUT2D eigenvalue weighted by Gasteiger charge is 2.37. The molecule has 1 aliphatic carbocycles. The first kappa shape index (κ1) is 16.8. The molecule has 0 radical (unpaired) electrons. The molecular formula is C18H29ClN2. The van der Waals surface area contributed by atoms with E-state index in [1.807, 2.05) is 0 Å². The lowest BCUT2D eigenvalue weighted by atomic mass is 9.76. The van der Waals surface area contributed by atoms with Crippen LogP contribution in [0.15, 0.2) is 30.3 Å². The van der Waals surface area contributed by atoms with Crippen LogP contribution in [0.3, 0.4) is 0 Å². The van der Waals surface area contributed by atoms with Crippen molar-refractivity contribution in [1.82, 2.24) is 10.2 Å². The first-order valence-electron chi connectivity index (χ1n) is 8.39. The molecule has 1 aromatic carbocycles. The molecule has 0 bridgehead atoms. The van der Waals surface area contributed by atoms with Gasteiger partial charge in [-0.25, -0.2) is 0 Å². The van der Waals surface area contributed by atoms with Gasteiger partial charge in [0.05, 0.1) is 0 Å². The number of nitrogens with zero attached hydrogens (tertiary/aromatic N) is 1. The Morgan fingerprint density at radius 1 is 0.952 bits per heavy atom. The molecule has 2 nitrogen and oxygen atoms in total. The van der Waals surface area contributed by atoms with E-state index in [9.17, 15) is 0 Å². The molecule has 2 aliphatic rings. The Morgan fingerprint density at radius 2 is 1.62 bits per heavy atom. The van der Waals surface area contributed by atoms with E-state index in [0.717, 1.165) is 0 Å². The van der Waals surface area contributed by atoms with E-state index >= 15 is 0 Å². The van der Waals surface area contributed by atoms with Crippen molar-refractivity contribution < 1.29 is 0 Å². The number of hydrogen-bond acceptors (Lipinski definition) is 2. The number of hydrogen-bond donors (Lipinski definition) is 1. The number of benzene rings is 1. The summed E-state index contributed by atoms with van der Waals surface area (Å²) in [6.07, 6.45) is 9.72. The number of nitrogens with one attached hydrogen (secondary N) is 1. The first-order chi connectivity index (χ1) is 9.89. The van der Waals surface area contributed by atoms with E-state index in [1.165, 1.54) is 76.7 Å². The molecule has 0 atom stereocenters. The Hall–Kier alpha value is -0.570. The number of halogens is 1. The molecule has 3 rings (SSSR count). The fraction of sp³-hybridized carbons (Fsp3) is 0.667. The van der Waals surface area contributed by atoms with Crippen LogP contribution in [-0.4, -0.2) is 36.6 Å². The fourth-order valence-corrected chi connectivity index (χ4v) is 4.10. The van der Waals surface area contributed by atoms with E-state index in [-0.39, 0.29) is 12.4 Å². The molecule has 3 heteroatoms. The summed E-state index contributed by atoms with van der Waals surface area (Å²) in [7, 11) is 0. The van der Waals surface area contributed by atoms with Gasteiger partial charge < -0.3 is 5.32 Å². The molecule has 0 amide bonds. The predicted octanol–water partition coefficient (Wildman–Crippen LogP) is 3.65. The summed E-state index contributed by atoms with van der Waals surface area (Å²) in [6.45, 7) is 4.84. The Morgan fingerprint density at radius 3 is 2.29 bits per heavy atom. The third-order valence-corrected chi connectivity index (χ3v) is 5.29. The summed E-state index contributed by atoms with van der Waals surface area (Å²) in [4.78, 5) is 2.81. The zero-order valence-corrected chi connectivity index (χ0v) is 13.8. The maximum atomic E-state index is 3.50. The van der Waals surface area contributed by atoms with Crippen molar-refractivity contribution in [3.05, 3.63) is 35.9 Å². The zero-order valence-electron chi connectivity index (χ0n) is 13.0. The molecule has 1 aliphatic heterocycles. The highest BCUT2D eigenvalue weighted by molar-refractivity contribution is 5.85. The van der Waals surface area contributed by atoms with Crippen LogP contribution >= 0.6 is 12.4 Å². The van der Waals surface area contributed by atoms with Crippen molar-refractivity contribution in [2.24, 2.45) is 0 Å². The standard InChI is InChI=1S/C18H28N2.ClH/c1-3-7-17(8-4-1)9-12-18(10-5-2-6-11-18)20-15-13-19-14-16-20;/h1,3-4,7-8,19H,2,5-6,9-16H2;1H. The third-order valence-electron chi connectivity index (χ3n) is 5.29. The molecule has 1 aromatic rings. The Balaban J connectivity index is 0.00000161. The molecule has 0 spiro atoms. The van der Waals surface area contributed by atoms with Gasteiger partial charge in [-0.1, -0.05) is 49.6 Å². The van der Waals surface area contributed by atoms with Gasteiger partial charge in [0.2, 0.25) is 0 Å². The lowest BCUT2D eigenvalue weighted by Crippen LogP contribution is -2.57. The van der Waals surface area contributed by atoms with Crippen LogP contribution in [0, 0.1) is 0 Å². The van der Waals surface area contributed by atoms with Crippen LogP contribution in [0.5, 0.6) is 0 Å². The van der Waals surface area contributed by atoms with Crippen molar-refractivity contribution in [2.45, 2.75) is 50.5 Å². The second kappa shape index (κ2) is 8.17. The second-order valence-electron chi connectivity index (χ2n) is 6.51. The minimum Gasteiger partial charge on any atom is -0.314 e. The molecule has 2 fully saturated rings. The van der Waals surface area contributed by atoms with Crippen molar-refractivity contribution in [1.29, 1.82) is 0 Å². The lowest BCUT2D eigenvalue weighted by Gasteiger charge is -2.48. The molecule has 1 heterocycles. The van der Waals surface area contributed by atoms with Gasteiger partial charge in [-0.15, -0.1) is 12.4 Å². The molecule has 0 unspecified atom stereocenters. The van der Waals surface area contributed by atoms with Crippen molar-refractivity contribution in [2.75, 3.05) is 26.2 Å². The number of piperazine rings is 1. The molecule has 21 heavy (non-hydrogen) atoms. The summed E-state index contributed by atoms with van der Waals surface area (Å²) in [5.74, 6) is 0. The topological polar surface area (TPSA) is 15.3 Å². The smallest absolute Gasteiger partial charge is 0.0213 e. The van der Waals surface area contributed by atoms with Crippen LogP contribution < -0.4 is 5.32 Å². The lowest BCUT2D eigenvalue weighted by molar-refractivity contribution is 0.0322. The fourth-order valence-electron chi connectivity index (χ4n) is 4.10. The van der Waals surface area contributed by atoms with Crippen molar-refractivity contribution in [3.8, 4) is 0 Å². The van der Waals surface area contributed by atoms with E-state index in [4.69, 9.17) is 0 Å². The third kappa shape index (κ3) is 4.21. The zero-order chi connectivity index (χ0) is 13.7. The first-order valence-corrected chi connectivity index (χ1v) is 8.39. The Kier molecular flexibility index (Phi) is 6.53. The molecule has 1 N–H and O–H groups in total. The van der Waals surface area contributed by atoms with Gasteiger partial charge in [0.15, 0.2) is 0 Å². The van der Waals surface area contributed by atoms with Gasteiger partial charge in [0.1, 0.15) is 0 Å². The van der Waals surface area contributed by atoms with Gasteiger partial charge in [-0.05, 0) is 31.2 Å². The van der Waals surface area contributed by atoms with Gasteiger partial charge in [-0.3, -0.25) is 4.90 Å². The van der Waals surface area contributed by atoms with Crippen LogP contribution in [0.1, 0.15) is 44.1 Å². The van der Waals surface area contributed by atoms with Crippen LogP contribution in [0.25, 0.3) is 0 Å². The van der Waals surface area contributed by atoms with Gasteiger partial charge in [0, 0.05) is 31.7 Å². The number of rotatable bonds is 4. The maximum Gasteiger partial charge on any atom is 0.0213 e. The van der Waals surface area contributed by atoms with Crippen LogP contribution in [0.2, 0.25) is 0 Å². The summed E-state index contributed by atoms with van der Waals surface area (Å²) < 4.78 is 0. The average molecular weight is 309 g/mol. The quantitative estimate of drug-likeness (QED) is 0.913. The SMILES string of the molecule is Cl.c1ccc(CCC2(N3CCNCC3)CCCCC2)cc1. The predicted molar refractivity (Wildman–Crippen MR) is 92.3 cm³/mol. The summed E-state index contributed by atoms with van der Waals surface area (Å²) in [6, 6.07) is 11.0. The van der Waals surface area contributed by atoms with Crippen molar-refractivity contribution >= 4 is 12.4 Å². The van der Waals surface area contributed by atoms with E-state index in [0.29, 0.717) is 5.54 Å². The molecule has 0 aromatic heterocycles. The molecule has 118 valence electrons. The summed E-state index contributed by atoms with van der Waals surface area (Å²) in [5, 5.41) is 3.50. The van der Waals surface area contributed by atoms with Crippen LogP contribution in [-0.2, 0) is 6.42 Å². The van der Waals surface area contributed by atoms with E-state index in [2.05, 4.69) is 40.5 Å². The van der Waals surface area contributed by atoms with Crippen molar-refractivity contribution in [3.63, 3.8) is 0 Å². The van der Waals surface area contributed by atoms with E-state index in [1.54, 1.807) is 0 Å². The maximum absolute atomic E-state index is 3.50. The minimum atomic E-state index is 0. The summed E-state index contributed by atoms with van der Waals surface area (Å²) >= 11 is 0. The highest BCUT2D eigenvalue weighted by atomic mass is 35.5. The average Bonchev–Trinajstić information content (AvgIpc) is 2.56. The highest BCUT2D eigenvalue weighted by Crippen LogP contribution is 2.37. The Bertz CT molecular complexity index is 395. The molecule has 1 saturated carbocycles. The molecule has 1 saturated heterocycles. The monoisotopic (exact) mass is 308 g/mol. The second-order valence-corrected chi connectivity index (χ2v) is 6.51. The molecular weight excluding hydrogens is 280 g/mol. The minimum absolute atomic E-state index is 0. The van der Waals surface area contributed by atoms with Crippen LogP contribution in [0.4, 0.5) is 0 Å². The normalized spacial score (nSPS) is 22.5. The number of aryl methyl sites for hydroxylation is 1. The van der Waals surface area contributed by atoms with Gasteiger partial charge >= 0.3 is 0 Å².